The van der Waals surface area contributed by atoms with Crippen LogP contribution in [0.5, 0.6) is 0 Å². The van der Waals surface area contributed by atoms with Gasteiger partial charge in [-0.05, 0) is 13.8 Å². The van der Waals surface area contributed by atoms with Crippen LogP contribution < -0.4 is 0 Å². The normalized spacial score (nSPS) is 17.4. The van der Waals surface area contributed by atoms with Gasteiger partial charge in [0.25, 0.3) is 0 Å². The molecule has 0 aliphatic heterocycles. The molecule has 0 aromatic rings. The highest BCUT2D eigenvalue weighted by molar-refractivity contribution is 7.92. The summed E-state index contributed by atoms with van der Waals surface area (Å²) in [6.07, 6.45) is 1.70. The summed E-state index contributed by atoms with van der Waals surface area (Å²) in [5.41, 5.74) is 0. The Hall–Kier alpha value is -0.0500. The average Bonchev–Trinajstić information content (AvgIpc) is 1.63. The van der Waals surface area contributed by atoms with Crippen LogP contribution in [0.25, 0.3) is 0 Å². The maximum Gasteiger partial charge on any atom is 0.0537 e. The number of hydrogen-bond acceptors (Lipinski definition) is 2. The van der Waals surface area contributed by atoms with Crippen molar-refractivity contribution in [3.63, 3.8) is 0 Å². The molecule has 0 amide bonds. The van der Waals surface area contributed by atoms with E-state index in [0.717, 1.165) is 0 Å². The quantitative estimate of drug-likeness (QED) is 0.585. The summed E-state index contributed by atoms with van der Waals surface area (Å²) in [7, 11) is -1.84. The third kappa shape index (κ3) is 4.45. The number of hydrogen-bond donors (Lipinski definition) is 0. The van der Waals surface area contributed by atoms with Crippen molar-refractivity contribution in [2.24, 2.45) is 4.36 Å². The van der Waals surface area contributed by atoms with Crippen LogP contribution >= 0.6 is 0 Å². The maximum atomic E-state index is 11.2. The Morgan fingerprint density at radius 3 is 2.11 bits per heavy atom. The first-order valence-corrected chi connectivity index (χ1v) is 5.26. The van der Waals surface area contributed by atoms with Gasteiger partial charge in [-0.2, -0.15) is 0 Å². The lowest BCUT2D eigenvalue weighted by atomic mass is 10.4. The average molecular weight is 149 g/mol. The lowest BCUT2D eigenvalue weighted by molar-refractivity contribution is 0.675. The van der Waals surface area contributed by atoms with Gasteiger partial charge in [-0.15, -0.1) is 0 Å². The standard InChI is InChI=1S/C6H15NOS/c1-5-9(4,8)7-6(2)3/h6H,5H2,1-4H3. The monoisotopic (exact) mass is 149 g/mol. The van der Waals surface area contributed by atoms with Crippen molar-refractivity contribution in [1.29, 1.82) is 0 Å². The molecule has 0 spiro atoms. The Morgan fingerprint density at radius 2 is 2.00 bits per heavy atom. The van der Waals surface area contributed by atoms with E-state index in [4.69, 9.17) is 0 Å². The molecule has 0 bridgehead atoms. The van der Waals surface area contributed by atoms with Gasteiger partial charge in [-0.1, -0.05) is 6.92 Å². The van der Waals surface area contributed by atoms with Crippen molar-refractivity contribution in [3.05, 3.63) is 0 Å². The third-order valence-electron chi connectivity index (χ3n) is 0.969. The predicted octanol–water partition coefficient (Wildman–Crippen LogP) is 1.51. The Balaban J connectivity index is 4.30. The summed E-state index contributed by atoms with van der Waals surface area (Å²) in [5, 5.41) is 0. The second-order valence-electron chi connectivity index (χ2n) is 2.45. The van der Waals surface area contributed by atoms with Crippen LogP contribution in [0, 0.1) is 0 Å². The lowest BCUT2D eigenvalue weighted by Gasteiger charge is -2.00. The minimum atomic E-state index is -1.84. The van der Waals surface area contributed by atoms with Crippen LogP contribution in [0.2, 0.25) is 0 Å². The van der Waals surface area contributed by atoms with Gasteiger partial charge in [-0.3, -0.25) is 4.21 Å². The predicted molar refractivity (Wildman–Crippen MR) is 42.2 cm³/mol. The molecule has 9 heavy (non-hydrogen) atoms. The zero-order valence-electron chi connectivity index (χ0n) is 6.55. The SMILES string of the molecule is CCS(C)(=O)=NC(C)C. The molecular weight excluding hydrogens is 134 g/mol. The molecule has 0 saturated heterocycles. The molecule has 0 aromatic heterocycles. The first-order chi connectivity index (χ1) is 3.98. The topological polar surface area (TPSA) is 29.4 Å². The van der Waals surface area contributed by atoms with E-state index < -0.39 is 9.73 Å². The van der Waals surface area contributed by atoms with E-state index in [1.54, 1.807) is 6.26 Å². The fraction of sp³-hybridized carbons (Fsp3) is 1.00. The molecule has 0 aromatic carbocycles. The zero-order valence-corrected chi connectivity index (χ0v) is 7.36. The van der Waals surface area contributed by atoms with Crippen molar-refractivity contribution in [2.45, 2.75) is 26.8 Å². The van der Waals surface area contributed by atoms with Crippen LogP contribution in [0.15, 0.2) is 4.36 Å². The van der Waals surface area contributed by atoms with Crippen molar-refractivity contribution >= 4 is 9.73 Å². The van der Waals surface area contributed by atoms with Gasteiger partial charge in [0, 0.05) is 21.7 Å². The minimum Gasteiger partial charge on any atom is -0.250 e. The van der Waals surface area contributed by atoms with Gasteiger partial charge in [0.2, 0.25) is 0 Å². The molecule has 0 heterocycles. The molecule has 2 nitrogen and oxygen atoms in total. The summed E-state index contributed by atoms with van der Waals surface area (Å²) in [5.74, 6) is 0.658. The van der Waals surface area contributed by atoms with Crippen LogP contribution in [0.1, 0.15) is 20.8 Å². The fourth-order valence-corrected chi connectivity index (χ4v) is 1.56. The van der Waals surface area contributed by atoms with E-state index in [1.165, 1.54) is 0 Å². The molecule has 0 rings (SSSR count). The number of nitrogens with zero attached hydrogens (tertiary/aromatic N) is 1. The van der Waals surface area contributed by atoms with E-state index in [0.29, 0.717) is 5.75 Å². The smallest absolute Gasteiger partial charge is 0.0537 e. The van der Waals surface area contributed by atoms with E-state index in [2.05, 4.69) is 4.36 Å². The second kappa shape index (κ2) is 3.20. The molecule has 1 unspecified atom stereocenters. The number of rotatable bonds is 2. The Labute approximate surface area is 57.8 Å². The molecule has 0 aliphatic rings. The molecule has 0 aliphatic carbocycles. The third-order valence-corrected chi connectivity index (χ3v) is 2.91. The van der Waals surface area contributed by atoms with Gasteiger partial charge < -0.3 is 0 Å². The highest BCUT2D eigenvalue weighted by Crippen LogP contribution is 1.95. The van der Waals surface area contributed by atoms with Crippen molar-refractivity contribution in [1.82, 2.24) is 0 Å². The van der Waals surface area contributed by atoms with Crippen LogP contribution in [0.4, 0.5) is 0 Å². The lowest BCUT2D eigenvalue weighted by Crippen LogP contribution is -2.03. The molecule has 0 saturated carbocycles. The zero-order chi connectivity index (χ0) is 7.49. The summed E-state index contributed by atoms with van der Waals surface area (Å²) >= 11 is 0. The highest BCUT2D eigenvalue weighted by atomic mass is 32.2. The fourth-order valence-electron chi connectivity index (χ4n) is 0.520. The molecule has 3 heteroatoms. The van der Waals surface area contributed by atoms with Crippen molar-refractivity contribution in [2.75, 3.05) is 12.0 Å². The summed E-state index contributed by atoms with van der Waals surface area (Å²) in [6, 6.07) is 0.197. The summed E-state index contributed by atoms with van der Waals surface area (Å²) in [6.45, 7) is 5.78. The summed E-state index contributed by atoms with van der Waals surface area (Å²) in [4.78, 5) is 0. The van der Waals surface area contributed by atoms with Gasteiger partial charge in [0.15, 0.2) is 0 Å². The van der Waals surface area contributed by atoms with E-state index in [1.807, 2.05) is 20.8 Å². The van der Waals surface area contributed by atoms with Gasteiger partial charge in [-0.25, -0.2) is 4.36 Å². The Kier molecular flexibility index (Phi) is 3.18. The van der Waals surface area contributed by atoms with E-state index in [9.17, 15) is 4.21 Å². The highest BCUT2D eigenvalue weighted by Gasteiger charge is 1.96. The van der Waals surface area contributed by atoms with Crippen molar-refractivity contribution in [3.8, 4) is 0 Å². The molecule has 0 radical (unpaired) electrons. The van der Waals surface area contributed by atoms with Gasteiger partial charge in [0.05, 0.1) is 6.04 Å². The molecule has 0 N–H and O–H groups in total. The van der Waals surface area contributed by atoms with Crippen molar-refractivity contribution < 1.29 is 4.21 Å². The van der Waals surface area contributed by atoms with Crippen LogP contribution in [-0.4, -0.2) is 22.3 Å². The summed E-state index contributed by atoms with van der Waals surface area (Å²) < 4.78 is 15.3. The Morgan fingerprint density at radius 1 is 1.56 bits per heavy atom. The molecular formula is C6H15NOS. The van der Waals surface area contributed by atoms with Gasteiger partial charge in [0.1, 0.15) is 0 Å². The van der Waals surface area contributed by atoms with Crippen LogP contribution in [0.3, 0.4) is 0 Å². The van der Waals surface area contributed by atoms with E-state index in [-0.39, 0.29) is 6.04 Å². The van der Waals surface area contributed by atoms with E-state index >= 15 is 0 Å². The largest absolute Gasteiger partial charge is 0.250 e. The first-order valence-electron chi connectivity index (χ1n) is 3.17. The first kappa shape index (κ1) is 8.95. The molecule has 1 atom stereocenters. The molecule has 56 valence electrons. The maximum absolute atomic E-state index is 11.2. The molecule has 0 fully saturated rings. The van der Waals surface area contributed by atoms with Crippen LogP contribution in [-0.2, 0) is 9.73 Å². The second-order valence-corrected chi connectivity index (χ2v) is 5.15. The minimum absolute atomic E-state index is 0.197. The Bertz CT molecular complexity index is 177. The van der Waals surface area contributed by atoms with Gasteiger partial charge >= 0.3 is 0 Å².